The van der Waals surface area contributed by atoms with E-state index < -0.39 is 0 Å². The van der Waals surface area contributed by atoms with Crippen LogP contribution in [0.15, 0.2) is 60.9 Å². The van der Waals surface area contributed by atoms with Gasteiger partial charge in [-0.3, -0.25) is 9.78 Å². The number of aromatic nitrogens is 3. The summed E-state index contributed by atoms with van der Waals surface area (Å²) in [6.45, 7) is 4.30. The van der Waals surface area contributed by atoms with Gasteiger partial charge in [0.25, 0.3) is 0 Å². The summed E-state index contributed by atoms with van der Waals surface area (Å²) in [4.78, 5) is 27.9. The van der Waals surface area contributed by atoms with Gasteiger partial charge >= 0.3 is 0 Å². The molecule has 1 aliphatic heterocycles. The maximum Gasteiger partial charge on any atom is 0.232 e. The molecule has 3 heterocycles. The zero-order valence-electron chi connectivity index (χ0n) is 15.2. The molecule has 1 aromatic carbocycles. The van der Waals surface area contributed by atoms with Crippen LogP contribution in [-0.2, 0) is 0 Å². The van der Waals surface area contributed by atoms with Crippen LogP contribution in [0.2, 0.25) is 0 Å². The third kappa shape index (κ3) is 3.71. The monoisotopic (exact) mass is 359 g/mol. The van der Waals surface area contributed by atoms with Crippen molar-refractivity contribution in [2.24, 2.45) is 0 Å². The average Bonchev–Trinajstić information content (AvgIpc) is 2.74. The SMILES string of the molecule is Cc1ncccc1C(=O)c1nccc(N2CCNC(c3ccccc3)C2)n1. The standard InChI is InChI=1S/C21H21N5O/c1-15-17(8-5-10-22-15)20(27)21-24-11-9-19(25-21)26-13-12-23-18(14-26)16-6-3-2-4-7-16/h2-11,18,23H,12-14H2,1H3. The lowest BCUT2D eigenvalue weighted by atomic mass is 10.0. The second kappa shape index (κ2) is 7.63. The average molecular weight is 359 g/mol. The fourth-order valence-electron chi connectivity index (χ4n) is 3.35. The molecule has 1 saturated heterocycles. The third-order valence-corrected chi connectivity index (χ3v) is 4.80. The van der Waals surface area contributed by atoms with Crippen molar-refractivity contribution in [3.63, 3.8) is 0 Å². The molecule has 1 fully saturated rings. The number of aryl methyl sites for hydroxylation is 1. The van der Waals surface area contributed by atoms with Crippen LogP contribution >= 0.6 is 0 Å². The van der Waals surface area contributed by atoms with Gasteiger partial charge in [0.1, 0.15) is 5.82 Å². The zero-order chi connectivity index (χ0) is 18.6. The van der Waals surface area contributed by atoms with Gasteiger partial charge in [-0.15, -0.1) is 0 Å². The number of anilines is 1. The highest BCUT2D eigenvalue weighted by molar-refractivity contribution is 6.07. The van der Waals surface area contributed by atoms with Crippen LogP contribution in [0.5, 0.6) is 0 Å². The van der Waals surface area contributed by atoms with Crippen molar-refractivity contribution in [3.05, 3.63) is 83.6 Å². The highest BCUT2D eigenvalue weighted by atomic mass is 16.1. The number of nitrogens with one attached hydrogen (secondary N) is 1. The first kappa shape index (κ1) is 17.3. The number of carbonyl (C=O) groups excluding carboxylic acids is 1. The largest absolute Gasteiger partial charge is 0.353 e. The number of hydrogen-bond donors (Lipinski definition) is 1. The molecule has 4 rings (SSSR count). The quantitative estimate of drug-likeness (QED) is 0.722. The Morgan fingerprint density at radius 3 is 2.74 bits per heavy atom. The molecular weight excluding hydrogens is 338 g/mol. The van der Waals surface area contributed by atoms with Crippen LogP contribution in [-0.4, -0.2) is 40.4 Å². The molecule has 2 aromatic heterocycles. The van der Waals surface area contributed by atoms with Crippen molar-refractivity contribution < 1.29 is 4.79 Å². The number of piperazine rings is 1. The summed E-state index contributed by atoms with van der Waals surface area (Å²) in [5, 5.41) is 3.55. The normalized spacial score (nSPS) is 16.9. The van der Waals surface area contributed by atoms with E-state index in [0.29, 0.717) is 11.3 Å². The van der Waals surface area contributed by atoms with Crippen molar-refractivity contribution in [2.75, 3.05) is 24.5 Å². The van der Waals surface area contributed by atoms with E-state index in [1.165, 1.54) is 5.56 Å². The third-order valence-electron chi connectivity index (χ3n) is 4.80. The number of benzene rings is 1. The van der Waals surface area contributed by atoms with Gasteiger partial charge in [0.2, 0.25) is 11.6 Å². The number of nitrogens with zero attached hydrogens (tertiary/aromatic N) is 4. The first-order chi connectivity index (χ1) is 13.2. The van der Waals surface area contributed by atoms with E-state index in [2.05, 4.69) is 37.3 Å². The van der Waals surface area contributed by atoms with Gasteiger partial charge in [0, 0.05) is 49.3 Å². The minimum Gasteiger partial charge on any atom is -0.353 e. The van der Waals surface area contributed by atoms with Crippen LogP contribution in [0.3, 0.4) is 0 Å². The molecule has 136 valence electrons. The van der Waals surface area contributed by atoms with E-state index in [0.717, 1.165) is 25.5 Å². The lowest BCUT2D eigenvalue weighted by Crippen LogP contribution is -2.46. The van der Waals surface area contributed by atoms with Crippen molar-refractivity contribution >= 4 is 11.6 Å². The molecule has 6 nitrogen and oxygen atoms in total. The lowest BCUT2D eigenvalue weighted by Gasteiger charge is -2.34. The lowest BCUT2D eigenvalue weighted by molar-refractivity contribution is 0.102. The highest BCUT2D eigenvalue weighted by Crippen LogP contribution is 2.21. The summed E-state index contributed by atoms with van der Waals surface area (Å²) in [7, 11) is 0. The van der Waals surface area contributed by atoms with Gasteiger partial charge in [-0.1, -0.05) is 30.3 Å². The molecule has 0 bridgehead atoms. The van der Waals surface area contributed by atoms with E-state index in [4.69, 9.17) is 0 Å². The van der Waals surface area contributed by atoms with Crippen LogP contribution < -0.4 is 10.2 Å². The summed E-state index contributed by atoms with van der Waals surface area (Å²) in [6, 6.07) is 16.0. The second-order valence-electron chi connectivity index (χ2n) is 6.57. The molecule has 0 radical (unpaired) electrons. The van der Waals surface area contributed by atoms with E-state index in [1.807, 2.05) is 31.2 Å². The first-order valence-electron chi connectivity index (χ1n) is 9.05. The number of hydrogen-bond acceptors (Lipinski definition) is 6. The smallest absolute Gasteiger partial charge is 0.232 e. The first-order valence-corrected chi connectivity index (χ1v) is 9.05. The van der Waals surface area contributed by atoms with Gasteiger partial charge in [-0.25, -0.2) is 9.97 Å². The summed E-state index contributed by atoms with van der Waals surface area (Å²) in [5.74, 6) is 0.785. The number of rotatable bonds is 4. The Morgan fingerprint density at radius 2 is 1.93 bits per heavy atom. The maximum atomic E-state index is 12.8. The predicted molar refractivity (Wildman–Crippen MR) is 104 cm³/mol. The van der Waals surface area contributed by atoms with Crippen LogP contribution in [0.1, 0.15) is 33.5 Å². The Kier molecular flexibility index (Phi) is 4.89. The predicted octanol–water partition coefficient (Wildman–Crippen LogP) is 2.56. The summed E-state index contributed by atoms with van der Waals surface area (Å²) in [5.41, 5.74) is 2.47. The van der Waals surface area contributed by atoms with Crippen molar-refractivity contribution in [2.45, 2.75) is 13.0 Å². The summed E-state index contributed by atoms with van der Waals surface area (Å²) in [6.07, 6.45) is 3.33. The molecule has 3 aromatic rings. The van der Waals surface area contributed by atoms with E-state index >= 15 is 0 Å². The summed E-state index contributed by atoms with van der Waals surface area (Å²) >= 11 is 0. The number of pyridine rings is 1. The Balaban J connectivity index is 1.57. The molecule has 0 spiro atoms. The molecule has 1 N–H and O–H groups in total. The molecule has 6 heteroatoms. The van der Waals surface area contributed by atoms with Crippen molar-refractivity contribution in [3.8, 4) is 0 Å². The van der Waals surface area contributed by atoms with Gasteiger partial charge in [0.15, 0.2) is 0 Å². The molecule has 1 aliphatic rings. The van der Waals surface area contributed by atoms with E-state index in [9.17, 15) is 4.79 Å². The highest BCUT2D eigenvalue weighted by Gasteiger charge is 2.23. The van der Waals surface area contributed by atoms with E-state index in [1.54, 1.807) is 24.5 Å². The van der Waals surface area contributed by atoms with Crippen LogP contribution in [0, 0.1) is 6.92 Å². The van der Waals surface area contributed by atoms with Crippen LogP contribution in [0.4, 0.5) is 5.82 Å². The Labute approximate surface area is 158 Å². The minimum absolute atomic E-state index is 0.197. The molecule has 27 heavy (non-hydrogen) atoms. The summed E-state index contributed by atoms with van der Waals surface area (Å²) < 4.78 is 0. The minimum atomic E-state index is -0.197. The van der Waals surface area contributed by atoms with Gasteiger partial charge in [-0.2, -0.15) is 0 Å². The second-order valence-corrected chi connectivity index (χ2v) is 6.57. The Hall–Kier alpha value is -3.12. The number of carbonyl (C=O) groups is 1. The Bertz CT molecular complexity index is 944. The molecule has 1 unspecified atom stereocenters. The topological polar surface area (TPSA) is 71.0 Å². The molecule has 0 amide bonds. The number of ketones is 1. The fourth-order valence-corrected chi connectivity index (χ4v) is 3.35. The van der Waals surface area contributed by atoms with Gasteiger partial charge < -0.3 is 10.2 Å². The van der Waals surface area contributed by atoms with E-state index in [-0.39, 0.29) is 17.6 Å². The van der Waals surface area contributed by atoms with Crippen LogP contribution in [0.25, 0.3) is 0 Å². The fraction of sp³-hybridized carbons (Fsp3) is 0.238. The Morgan fingerprint density at radius 1 is 1.07 bits per heavy atom. The maximum absolute atomic E-state index is 12.8. The van der Waals surface area contributed by atoms with Gasteiger partial charge in [0.05, 0.1) is 0 Å². The van der Waals surface area contributed by atoms with Gasteiger partial charge in [-0.05, 0) is 30.7 Å². The molecule has 0 saturated carbocycles. The molecule has 0 aliphatic carbocycles. The van der Waals surface area contributed by atoms with Crippen molar-refractivity contribution in [1.29, 1.82) is 0 Å². The molecular formula is C21H21N5O. The zero-order valence-corrected chi connectivity index (χ0v) is 15.2. The van der Waals surface area contributed by atoms with Crippen molar-refractivity contribution in [1.82, 2.24) is 20.3 Å². The molecule has 1 atom stereocenters.